The summed E-state index contributed by atoms with van der Waals surface area (Å²) in [6, 6.07) is 3.39. The Morgan fingerprint density at radius 3 is 2.80 bits per heavy atom. The van der Waals surface area contributed by atoms with E-state index in [4.69, 9.17) is 0 Å². The molecule has 3 unspecified atom stereocenters. The molecule has 0 aromatic carbocycles. The Labute approximate surface area is 120 Å². The molecule has 1 fully saturated rings. The van der Waals surface area contributed by atoms with Gasteiger partial charge in [0.25, 0.3) is 0 Å². The summed E-state index contributed by atoms with van der Waals surface area (Å²) >= 11 is 0. The van der Waals surface area contributed by atoms with Crippen LogP contribution in [-0.4, -0.2) is 59.2 Å². The van der Waals surface area contributed by atoms with E-state index in [-0.39, 0.29) is 11.7 Å². The van der Waals surface area contributed by atoms with Crippen LogP contribution in [0.5, 0.6) is 0 Å². The number of likely N-dealkylation sites (N-methyl/N-ethyl adjacent to an activating group) is 1. The molecule has 3 atom stereocenters. The second kappa shape index (κ2) is 6.61. The van der Waals surface area contributed by atoms with Crippen molar-refractivity contribution in [3.05, 3.63) is 29.8 Å². The maximum Gasteiger partial charge on any atom is 0.141 e. The number of halogens is 1. The van der Waals surface area contributed by atoms with E-state index in [9.17, 15) is 9.50 Å². The monoisotopic (exact) mass is 281 g/mol. The van der Waals surface area contributed by atoms with Gasteiger partial charge in [-0.25, -0.2) is 4.39 Å². The second-order valence-corrected chi connectivity index (χ2v) is 5.93. The van der Waals surface area contributed by atoms with Crippen LogP contribution in [0.25, 0.3) is 0 Å². The van der Waals surface area contributed by atoms with E-state index < -0.39 is 6.10 Å². The van der Waals surface area contributed by atoms with Crippen molar-refractivity contribution in [3.8, 4) is 0 Å². The zero-order valence-corrected chi connectivity index (χ0v) is 12.5. The lowest BCUT2D eigenvalue weighted by molar-refractivity contribution is 0.0433. The minimum absolute atomic E-state index is 0.0683. The highest BCUT2D eigenvalue weighted by Crippen LogP contribution is 2.22. The Morgan fingerprint density at radius 2 is 2.20 bits per heavy atom. The third-order valence-corrected chi connectivity index (χ3v) is 4.08. The molecule has 20 heavy (non-hydrogen) atoms. The summed E-state index contributed by atoms with van der Waals surface area (Å²) in [6.07, 6.45) is 0.506. The predicted octanol–water partition coefficient (Wildman–Crippen LogP) is 1.53. The average Bonchev–Trinajstić information content (AvgIpc) is 2.42. The summed E-state index contributed by atoms with van der Waals surface area (Å²) < 4.78 is 12.9. The van der Waals surface area contributed by atoms with Crippen molar-refractivity contribution in [1.82, 2.24) is 14.8 Å². The van der Waals surface area contributed by atoms with Crippen molar-refractivity contribution in [2.24, 2.45) is 5.92 Å². The quantitative estimate of drug-likeness (QED) is 0.908. The molecule has 0 radical (unpaired) electrons. The first-order chi connectivity index (χ1) is 9.47. The van der Waals surface area contributed by atoms with Crippen LogP contribution < -0.4 is 0 Å². The number of piperazine rings is 1. The molecule has 2 rings (SSSR count). The molecule has 0 saturated carbocycles. The number of nitrogens with zero attached hydrogens (tertiary/aromatic N) is 3. The Balaban J connectivity index is 1.93. The molecule has 1 aromatic heterocycles. The number of aromatic nitrogens is 1. The summed E-state index contributed by atoms with van der Waals surface area (Å²) in [5.74, 6) is -0.305. The van der Waals surface area contributed by atoms with Crippen LogP contribution in [0.2, 0.25) is 0 Å². The van der Waals surface area contributed by atoms with Crippen LogP contribution >= 0.6 is 0 Å². The van der Waals surface area contributed by atoms with Crippen molar-refractivity contribution < 1.29 is 9.50 Å². The first-order valence-electron chi connectivity index (χ1n) is 7.19. The van der Waals surface area contributed by atoms with Gasteiger partial charge in [-0.3, -0.25) is 9.88 Å². The van der Waals surface area contributed by atoms with Gasteiger partial charge in [0.2, 0.25) is 0 Å². The number of hydrogen-bond acceptors (Lipinski definition) is 4. The van der Waals surface area contributed by atoms with Crippen molar-refractivity contribution >= 4 is 0 Å². The highest BCUT2D eigenvalue weighted by molar-refractivity contribution is 5.09. The number of hydrogen-bond donors (Lipinski definition) is 1. The highest BCUT2D eigenvalue weighted by Gasteiger charge is 2.26. The van der Waals surface area contributed by atoms with E-state index in [1.807, 2.05) is 6.92 Å². The maximum atomic E-state index is 12.9. The van der Waals surface area contributed by atoms with Crippen LogP contribution in [0, 0.1) is 11.7 Å². The van der Waals surface area contributed by atoms with Crippen LogP contribution in [0.15, 0.2) is 18.3 Å². The largest absolute Gasteiger partial charge is 0.386 e. The third-order valence-electron chi connectivity index (χ3n) is 4.08. The Hall–Kier alpha value is -1.04. The van der Waals surface area contributed by atoms with Gasteiger partial charge in [-0.05, 0) is 26.1 Å². The Morgan fingerprint density at radius 1 is 1.45 bits per heavy atom. The Kier molecular flexibility index (Phi) is 5.07. The van der Waals surface area contributed by atoms with Crippen LogP contribution in [0.3, 0.4) is 0 Å². The minimum Gasteiger partial charge on any atom is -0.386 e. The van der Waals surface area contributed by atoms with E-state index in [1.54, 1.807) is 6.07 Å². The zero-order chi connectivity index (χ0) is 14.7. The van der Waals surface area contributed by atoms with Gasteiger partial charge < -0.3 is 10.0 Å². The lowest BCUT2D eigenvalue weighted by Gasteiger charge is -2.40. The molecule has 0 aliphatic carbocycles. The van der Waals surface area contributed by atoms with Crippen molar-refractivity contribution in [1.29, 1.82) is 0 Å². The van der Waals surface area contributed by atoms with Gasteiger partial charge in [0.05, 0.1) is 18.0 Å². The van der Waals surface area contributed by atoms with Crippen LogP contribution in [0.4, 0.5) is 4.39 Å². The molecule has 1 N–H and O–H groups in total. The fourth-order valence-electron chi connectivity index (χ4n) is 2.77. The van der Waals surface area contributed by atoms with Gasteiger partial charge in [-0.1, -0.05) is 6.92 Å². The zero-order valence-electron chi connectivity index (χ0n) is 12.5. The third kappa shape index (κ3) is 3.75. The van der Waals surface area contributed by atoms with E-state index in [0.29, 0.717) is 11.7 Å². The molecule has 0 bridgehead atoms. The standard InChI is InChI=1S/C15H24FN3O/c1-11(9-19-7-6-18(3)10-12(19)2)15(20)14-5-4-13(16)8-17-14/h4-5,8,11-12,15,20H,6-7,9-10H2,1-3H3. The first kappa shape index (κ1) is 15.4. The molecule has 112 valence electrons. The fourth-order valence-corrected chi connectivity index (χ4v) is 2.77. The second-order valence-electron chi connectivity index (χ2n) is 5.93. The van der Waals surface area contributed by atoms with E-state index in [2.05, 4.69) is 28.8 Å². The van der Waals surface area contributed by atoms with Crippen molar-refractivity contribution in [2.75, 3.05) is 33.2 Å². The number of aliphatic hydroxyl groups is 1. The predicted molar refractivity (Wildman–Crippen MR) is 76.9 cm³/mol. The molecule has 0 spiro atoms. The topological polar surface area (TPSA) is 39.6 Å². The van der Waals surface area contributed by atoms with Crippen molar-refractivity contribution in [3.63, 3.8) is 0 Å². The summed E-state index contributed by atoms with van der Waals surface area (Å²) in [4.78, 5) is 8.70. The summed E-state index contributed by atoms with van der Waals surface area (Å²) in [6.45, 7) is 8.19. The SMILES string of the molecule is CC(CN1CCN(C)CC1C)C(O)c1ccc(F)cn1. The van der Waals surface area contributed by atoms with Gasteiger partial charge in [0, 0.05) is 38.1 Å². The highest BCUT2D eigenvalue weighted by atomic mass is 19.1. The molecule has 4 nitrogen and oxygen atoms in total. The average molecular weight is 281 g/mol. The number of aliphatic hydroxyl groups excluding tert-OH is 1. The molecule has 5 heteroatoms. The number of pyridine rings is 1. The van der Waals surface area contributed by atoms with Gasteiger partial charge in [0.15, 0.2) is 0 Å². The lowest BCUT2D eigenvalue weighted by atomic mass is 9.99. The Bertz CT molecular complexity index is 426. The summed E-state index contributed by atoms with van der Waals surface area (Å²) in [7, 11) is 2.13. The summed E-state index contributed by atoms with van der Waals surface area (Å²) in [5, 5.41) is 10.3. The van der Waals surface area contributed by atoms with Gasteiger partial charge in [-0.15, -0.1) is 0 Å². The smallest absolute Gasteiger partial charge is 0.141 e. The molecule has 1 saturated heterocycles. The van der Waals surface area contributed by atoms with Gasteiger partial charge in [-0.2, -0.15) is 0 Å². The van der Waals surface area contributed by atoms with Gasteiger partial charge in [0.1, 0.15) is 5.82 Å². The van der Waals surface area contributed by atoms with E-state index in [0.717, 1.165) is 32.4 Å². The fraction of sp³-hybridized carbons (Fsp3) is 0.667. The molecule has 1 aliphatic rings. The molecular weight excluding hydrogens is 257 g/mol. The van der Waals surface area contributed by atoms with Crippen LogP contribution in [-0.2, 0) is 0 Å². The van der Waals surface area contributed by atoms with Crippen LogP contribution in [0.1, 0.15) is 25.6 Å². The number of rotatable bonds is 4. The van der Waals surface area contributed by atoms with E-state index >= 15 is 0 Å². The molecular formula is C15H24FN3O. The molecule has 1 aromatic rings. The molecule has 0 amide bonds. The minimum atomic E-state index is -0.651. The first-order valence-corrected chi connectivity index (χ1v) is 7.19. The maximum absolute atomic E-state index is 12.9. The molecule has 1 aliphatic heterocycles. The lowest BCUT2D eigenvalue weighted by Crippen LogP contribution is -2.51. The van der Waals surface area contributed by atoms with E-state index in [1.165, 1.54) is 6.07 Å². The molecule has 2 heterocycles. The van der Waals surface area contributed by atoms with Crippen molar-refractivity contribution in [2.45, 2.75) is 26.0 Å². The summed E-state index contributed by atoms with van der Waals surface area (Å²) in [5.41, 5.74) is 0.542. The van der Waals surface area contributed by atoms with Gasteiger partial charge >= 0.3 is 0 Å². The normalized spacial score (nSPS) is 24.6.